The molecule has 0 aliphatic rings. The highest BCUT2D eigenvalue weighted by atomic mass is 15.0. The second-order valence-electron chi connectivity index (χ2n) is 36.9. The Hall–Kier alpha value is -10.7. The predicted octanol–water partition coefficient (Wildman–Crippen LogP) is 26.2. The first kappa shape index (κ1) is 67.2. The molecule has 0 saturated carbocycles. The van der Waals surface area contributed by atoms with Gasteiger partial charge in [-0.2, -0.15) is 0 Å². The van der Waals surface area contributed by atoms with Crippen molar-refractivity contribution in [2.24, 2.45) is 0 Å². The molecule has 0 unspecified atom stereocenters. The quantitative estimate of drug-likeness (QED) is 0.116. The Morgan fingerprint density at radius 2 is 0.311 bits per heavy atom. The fourth-order valence-electron chi connectivity index (χ4n) is 18.1. The molecule has 3 aromatic heterocycles. The maximum absolute atomic E-state index is 2.63. The van der Waals surface area contributed by atoms with Crippen LogP contribution in [0.3, 0.4) is 0 Å². The zero-order valence-corrected chi connectivity index (χ0v) is 65.2. The molecule has 0 aliphatic heterocycles. The van der Waals surface area contributed by atoms with Gasteiger partial charge >= 0.3 is 0 Å². The summed E-state index contributed by atoms with van der Waals surface area (Å²) in [5.41, 5.74) is 22.3. The molecule has 0 aliphatic carbocycles. The summed E-state index contributed by atoms with van der Waals surface area (Å²) in [6.07, 6.45) is 0. The van der Waals surface area contributed by atoms with Crippen molar-refractivity contribution >= 4 is 153 Å². The van der Waals surface area contributed by atoms with E-state index in [0.717, 1.165) is 0 Å². The van der Waals surface area contributed by atoms with Gasteiger partial charge in [-0.15, -0.1) is 0 Å². The first-order valence-corrected chi connectivity index (χ1v) is 38.5. The van der Waals surface area contributed by atoms with Crippen LogP contribution in [0.4, 0.5) is 0 Å². The normalized spacial score (nSPS) is 13.2. The lowest BCUT2D eigenvalue weighted by molar-refractivity contribution is 0.590. The van der Waals surface area contributed by atoms with Gasteiger partial charge < -0.3 is 13.7 Å². The summed E-state index contributed by atoms with van der Waals surface area (Å²) >= 11 is 0. The van der Waals surface area contributed by atoms with Gasteiger partial charge in [-0.05, 0) is 171 Å². The van der Waals surface area contributed by atoms with E-state index in [9.17, 15) is 0 Å². The zero-order chi connectivity index (χ0) is 73.8. The van der Waals surface area contributed by atoms with E-state index in [0.29, 0.717) is 0 Å². The number of aromatic nitrogens is 3. The minimum absolute atomic E-state index is 0.0507. The Morgan fingerprint density at radius 3 is 0.453 bits per heavy atom. The Bertz CT molecular complexity index is 5720. The zero-order valence-electron chi connectivity index (χ0n) is 65.2. The van der Waals surface area contributed by atoms with Crippen molar-refractivity contribution in [1.82, 2.24) is 13.7 Å². The fraction of sp³-hybridized carbons (Fsp3) is 0.235. The molecule has 3 nitrogen and oxygen atoms in total. The van der Waals surface area contributed by atoms with E-state index in [4.69, 9.17) is 0 Å². The third kappa shape index (κ3) is 10.3. The molecule has 15 aromatic carbocycles. The summed E-state index contributed by atoms with van der Waals surface area (Å²) in [5, 5.41) is 22.3. The van der Waals surface area contributed by atoms with Crippen molar-refractivity contribution in [3.05, 3.63) is 288 Å². The average Bonchev–Trinajstić information content (AvgIpc) is 1.16. The monoisotopic (exact) mass is 1370 g/mol. The number of benzene rings is 15. The van der Waals surface area contributed by atoms with Crippen LogP contribution in [0.2, 0.25) is 0 Å². The largest absolute Gasteiger partial charge is 0.308 e. The molecule has 0 N–H and O–H groups in total. The lowest BCUT2D eigenvalue weighted by Gasteiger charge is -2.29. The van der Waals surface area contributed by atoms with E-state index in [1.54, 1.807) is 0 Å². The van der Waals surface area contributed by atoms with Crippen molar-refractivity contribution < 1.29 is 0 Å². The molecule has 3 heterocycles. The molecular weight excluding hydrogens is 1280 g/mol. The molecule has 0 bridgehead atoms. The number of hydrogen-bond donors (Lipinski definition) is 0. The molecule has 4 heteroatoms. The lowest BCUT2D eigenvalue weighted by atomic mass is 9.33. The lowest BCUT2D eigenvalue weighted by Crippen LogP contribution is -2.54. The van der Waals surface area contributed by atoms with Gasteiger partial charge in [0.15, 0.2) is 0 Å². The van der Waals surface area contributed by atoms with Crippen LogP contribution in [-0.4, -0.2) is 20.4 Å². The van der Waals surface area contributed by atoms with Crippen molar-refractivity contribution in [3.8, 4) is 17.1 Å². The average molecular weight is 1370 g/mol. The summed E-state index contributed by atoms with van der Waals surface area (Å²) < 4.78 is 7.90. The van der Waals surface area contributed by atoms with Crippen LogP contribution < -0.4 is 16.4 Å². The number of fused-ring (bicyclic) bond motifs is 15. The van der Waals surface area contributed by atoms with Crippen molar-refractivity contribution in [3.63, 3.8) is 0 Å². The van der Waals surface area contributed by atoms with Crippen LogP contribution in [0.5, 0.6) is 0 Å². The maximum Gasteiger partial charge on any atom is 0.246 e. The Balaban J connectivity index is 1.03. The molecule has 0 radical (unpaired) electrons. The van der Waals surface area contributed by atoms with Crippen LogP contribution in [0, 0.1) is 0 Å². The van der Waals surface area contributed by atoms with E-state index in [1.807, 2.05) is 0 Å². The third-order valence-electron chi connectivity index (χ3n) is 23.9. The minimum Gasteiger partial charge on any atom is -0.308 e. The molecule has 0 saturated heterocycles. The van der Waals surface area contributed by atoms with Crippen LogP contribution in [-0.2, 0) is 32.5 Å². The fourth-order valence-corrected chi connectivity index (χ4v) is 18.1. The van der Waals surface area contributed by atoms with Gasteiger partial charge in [0.1, 0.15) is 0 Å². The maximum atomic E-state index is 2.63. The van der Waals surface area contributed by atoms with Gasteiger partial charge in [0.05, 0.1) is 50.2 Å². The van der Waals surface area contributed by atoms with Crippen LogP contribution in [0.15, 0.2) is 255 Å². The molecule has 522 valence electrons. The highest BCUT2D eigenvalue weighted by molar-refractivity contribution is 7.03. The predicted molar refractivity (Wildman–Crippen MR) is 464 cm³/mol. The Labute approximate surface area is 625 Å². The number of hydrogen-bond acceptors (Lipinski definition) is 0. The van der Waals surface area contributed by atoms with Gasteiger partial charge in [-0.25, -0.2) is 0 Å². The SMILES string of the molecule is CC(C)(C)c1ccc2c(c1)c1cc(C(C)(C)C)ccc1n2-c1c2ccccc2c(B(c2c3ccccc3c(-n3c4ccc(C(C)(C)C)cc4c4cc(C(C)(C)C)ccc43)c3ccccc23)c2c3ccccc3c(-n3c4ccc(C(C)(C)C)cc4c4cc(C(C)(C)C)ccc43)c3ccccc23)c2ccccc12. The Morgan fingerprint density at radius 1 is 0.170 bits per heavy atom. The van der Waals surface area contributed by atoms with Crippen LogP contribution in [0.25, 0.3) is 147 Å². The molecule has 106 heavy (non-hydrogen) atoms. The topological polar surface area (TPSA) is 14.8 Å². The highest BCUT2D eigenvalue weighted by Gasteiger charge is 2.37. The molecule has 0 atom stereocenters. The minimum atomic E-state index is -0.373. The molecule has 0 amide bonds. The van der Waals surface area contributed by atoms with Gasteiger partial charge in [-0.1, -0.05) is 323 Å². The smallest absolute Gasteiger partial charge is 0.246 e. The number of nitrogens with zero attached hydrogens (tertiary/aromatic N) is 3. The van der Waals surface area contributed by atoms with Gasteiger partial charge in [-0.3, -0.25) is 0 Å². The van der Waals surface area contributed by atoms with E-state index >= 15 is 0 Å². The van der Waals surface area contributed by atoms with Crippen molar-refractivity contribution in [2.75, 3.05) is 0 Å². The Kier molecular flexibility index (Phi) is 14.8. The molecule has 18 rings (SSSR count). The second kappa shape index (κ2) is 23.4. The first-order chi connectivity index (χ1) is 50.4. The molecular formula is C102H96BN3. The standard InChI is InChI=1S/C102H96BN3/c1-97(2,3)61-43-49-85-79(55-61)80-56-62(98(4,5)6)44-50-86(80)104(85)94-73-37-25-19-31-67(73)91(68-32-20-26-38-74(68)94)103(92-69-33-21-27-39-75(69)95(76-40-28-22-34-70(76)92)105-87-51-45-63(99(7,8)9)57-81(87)82-58-64(100(10,11)12)46-52-88(82)105)93-71-35-23-29-41-77(71)96(78-42-30-24-36-72(78)93)106-89-53-47-65(101(13,14)15)59-83(89)84-60-66(102(16,17)18)48-54-90(84)106/h19-60H,1-18H3. The van der Waals surface area contributed by atoms with Crippen LogP contribution >= 0.6 is 0 Å². The van der Waals surface area contributed by atoms with E-state index < -0.39 is 0 Å². The van der Waals surface area contributed by atoms with Gasteiger partial charge in [0.2, 0.25) is 6.71 Å². The summed E-state index contributed by atoms with van der Waals surface area (Å²) in [5.74, 6) is 0. The highest BCUT2D eigenvalue weighted by Crippen LogP contribution is 2.47. The van der Waals surface area contributed by atoms with Crippen molar-refractivity contribution in [2.45, 2.75) is 157 Å². The summed E-state index contributed by atoms with van der Waals surface area (Å²) in [6.45, 7) is 41.8. The molecule has 18 aromatic rings. The summed E-state index contributed by atoms with van der Waals surface area (Å²) in [6, 6.07) is 101. The molecule has 0 fully saturated rings. The van der Waals surface area contributed by atoms with E-state index in [2.05, 4.69) is 393 Å². The van der Waals surface area contributed by atoms with Crippen LogP contribution in [0.1, 0.15) is 158 Å². The second-order valence-corrected chi connectivity index (χ2v) is 36.9. The van der Waals surface area contributed by atoms with Crippen molar-refractivity contribution in [1.29, 1.82) is 0 Å². The summed E-state index contributed by atoms with van der Waals surface area (Å²) in [4.78, 5) is 0. The van der Waals surface area contributed by atoms with E-state index in [-0.39, 0.29) is 39.2 Å². The van der Waals surface area contributed by atoms with E-state index in [1.165, 1.54) is 197 Å². The van der Waals surface area contributed by atoms with Gasteiger partial charge in [0, 0.05) is 64.6 Å². The molecule has 0 spiro atoms. The van der Waals surface area contributed by atoms with Gasteiger partial charge in [0.25, 0.3) is 0 Å². The number of rotatable bonds is 6. The first-order valence-electron chi connectivity index (χ1n) is 38.5. The third-order valence-corrected chi connectivity index (χ3v) is 23.9. The summed E-state index contributed by atoms with van der Waals surface area (Å²) in [7, 11) is 0.